The number of nitrogens with zero attached hydrogens (tertiary/aromatic N) is 4. The van der Waals surface area contributed by atoms with E-state index in [0.29, 0.717) is 38.2 Å². The average Bonchev–Trinajstić information content (AvgIpc) is 3.31. The summed E-state index contributed by atoms with van der Waals surface area (Å²) in [4.78, 5) is 35.1. The number of aryl methyl sites for hydroxylation is 2. The fraction of sp³-hybridized carbons (Fsp3) is 0.303. The van der Waals surface area contributed by atoms with E-state index in [4.69, 9.17) is 0 Å². The van der Waals surface area contributed by atoms with Crippen molar-refractivity contribution in [1.82, 2.24) is 24.7 Å². The summed E-state index contributed by atoms with van der Waals surface area (Å²) in [5, 5.41) is 3.07. The van der Waals surface area contributed by atoms with Crippen LogP contribution in [0.25, 0.3) is 5.69 Å². The van der Waals surface area contributed by atoms with Gasteiger partial charge in [-0.2, -0.15) is 0 Å². The first kappa shape index (κ1) is 27.3. The number of carbonyl (C=O) groups is 2. The van der Waals surface area contributed by atoms with Crippen LogP contribution in [0, 0.1) is 13.8 Å². The monoisotopic (exact) mass is 535 g/mol. The number of carbonyl (C=O) groups excluding carboxylic acids is 2. The fourth-order valence-corrected chi connectivity index (χ4v) is 5.57. The van der Waals surface area contributed by atoms with Crippen LogP contribution < -0.4 is 5.32 Å². The molecular formula is C33H37N5O2. The molecule has 206 valence electrons. The van der Waals surface area contributed by atoms with E-state index in [0.717, 1.165) is 41.2 Å². The zero-order valence-corrected chi connectivity index (χ0v) is 23.3. The minimum absolute atomic E-state index is 0.00954. The van der Waals surface area contributed by atoms with Crippen molar-refractivity contribution in [3.05, 3.63) is 119 Å². The summed E-state index contributed by atoms with van der Waals surface area (Å²) in [5.41, 5.74) is 6.27. The third-order valence-electron chi connectivity index (χ3n) is 7.65. The Balaban J connectivity index is 1.35. The predicted octanol–water partition coefficient (Wildman–Crippen LogP) is 5.08. The molecule has 1 aliphatic heterocycles. The van der Waals surface area contributed by atoms with Crippen molar-refractivity contribution < 1.29 is 9.59 Å². The topological polar surface area (TPSA) is 70.5 Å². The summed E-state index contributed by atoms with van der Waals surface area (Å²) in [6, 6.07) is 26.2. The number of amides is 2. The van der Waals surface area contributed by atoms with Crippen molar-refractivity contribution >= 4 is 11.8 Å². The molecule has 2 aromatic heterocycles. The zero-order chi connectivity index (χ0) is 27.9. The van der Waals surface area contributed by atoms with Gasteiger partial charge in [0.2, 0.25) is 5.91 Å². The predicted molar refractivity (Wildman–Crippen MR) is 157 cm³/mol. The highest BCUT2D eigenvalue weighted by Gasteiger charge is 2.25. The molecule has 1 fully saturated rings. The van der Waals surface area contributed by atoms with E-state index >= 15 is 0 Å². The van der Waals surface area contributed by atoms with Crippen LogP contribution in [0.5, 0.6) is 0 Å². The highest BCUT2D eigenvalue weighted by atomic mass is 16.2. The summed E-state index contributed by atoms with van der Waals surface area (Å²) >= 11 is 0. The molecule has 2 aromatic carbocycles. The maximum Gasteiger partial charge on any atom is 0.253 e. The van der Waals surface area contributed by atoms with Crippen LogP contribution in [0.15, 0.2) is 91.3 Å². The lowest BCUT2D eigenvalue weighted by atomic mass is 10.00. The fourth-order valence-electron chi connectivity index (χ4n) is 5.57. The van der Waals surface area contributed by atoms with Crippen molar-refractivity contribution in [2.75, 3.05) is 26.2 Å². The molecule has 0 saturated carbocycles. The molecule has 7 nitrogen and oxygen atoms in total. The molecule has 0 aliphatic carbocycles. The molecule has 1 aliphatic rings. The second-order valence-corrected chi connectivity index (χ2v) is 10.5. The lowest BCUT2D eigenvalue weighted by molar-refractivity contribution is -0.122. The highest BCUT2D eigenvalue weighted by Crippen LogP contribution is 2.27. The van der Waals surface area contributed by atoms with Crippen molar-refractivity contribution in [3.63, 3.8) is 0 Å². The molecule has 1 N–H and O–H groups in total. The number of benzene rings is 2. The number of rotatable bonds is 5. The first-order valence-electron chi connectivity index (χ1n) is 14.0. The standard InChI is InChI=1S/C33H37N5O2/c1-25-9-10-26(2)38(25)30-13-11-29(12-14-30)33(40)36-20-6-21-37(24-27-15-17-34-18-16-27)31(23-32(39)35-19-22-36)28-7-4-3-5-8-28/h3-5,7-18,31H,6,19-24H2,1-2H3,(H,35,39). The smallest absolute Gasteiger partial charge is 0.253 e. The number of aromatic nitrogens is 2. The number of pyridine rings is 1. The van der Waals surface area contributed by atoms with E-state index in [2.05, 4.69) is 57.9 Å². The van der Waals surface area contributed by atoms with Gasteiger partial charge in [-0.3, -0.25) is 19.5 Å². The molecule has 1 unspecified atom stereocenters. The molecule has 0 radical (unpaired) electrons. The van der Waals surface area contributed by atoms with Crippen LogP contribution in [-0.2, 0) is 11.3 Å². The Morgan fingerprint density at radius 2 is 1.57 bits per heavy atom. The molecule has 3 heterocycles. The van der Waals surface area contributed by atoms with Crippen LogP contribution in [-0.4, -0.2) is 57.3 Å². The molecule has 5 rings (SSSR count). The van der Waals surface area contributed by atoms with Gasteiger partial charge in [0, 0.05) is 80.2 Å². The highest BCUT2D eigenvalue weighted by molar-refractivity contribution is 5.94. The SMILES string of the molecule is Cc1ccc(C)n1-c1ccc(C(=O)N2CCCN(Cc3ccncc3)C(c3ccccc3)CC(=O)NCC2)cc1. The lowest BCUT2D eigenvalue weighted by Crippen LogP contribution is -2.39. The van der Waals surface area contributed by atoms with Gasteiger partial charge in [0.25, 0.3) is 5.91 Å². The Labute approximate surface area is 236 Å². The molecular weight excluding hydrogens is 498 g/mol. The van der Waals surface area contributed by atoms with Crippen LogP contribution in [0.1, 0.15) is 51.8 Å². The van der Waals surface area contributed by atoms with Crippen LogP contribution in [0.4, 0.5) is 0 Å². The van der Waals surface area contributed by atoms with Gasteiger partial charge in [-0.05, 0) is 79.9 Å². The van der Waals surface area contributed by atoms with E-state index in [1.54, 1.807) is 12.4 Å². The second kappa shape index (κ2) is 12.7. The van der Waals surface area contributed by atoms with E-state index in [1.165, 1.54) is 0 Å². The van der Waals surface area contributed by atoms with Crippen molar-refractivity contribution in [2.45, 2.75) is 39.3 Å². The normalized spacial score (nSPS) is 17.2. The van der Waals surface area contributed by atoms with E-state index in [9.17, 15) is 9.59 Å². The first-order valence-corrected chi connectivity index (χ1v) is 14.0. The molecule has 7 heteroatoms. The van der Waals surface area contributed by atoms with Crippen LogP contribution in [0.3, 0.4) is 0 Å². The van der Waals surface area contributed by atoms with Gasteiger partial charge in [0.05, 0.1) is 0 Å². The Bertz CT molecular complexity index is 1400. The molecule has 1 atom stereocenters. The third kappa shape index (κ3) is 6.49. The van der Waals surface area contributed by atoms with Crippen molar-refractivity contribution in [1.29, 1.82) is 0 Å². The summed E-state index contributed by atoms with van der Waals surface area (Å²) < 4.78 is 2.18. The van der Waals surface area contributed by atoms with Crippen molar-refractivity contribution in [2.24, 2.45) is 0 Å². The second-order valence-electron chi connectivity index (χ2n) is 10.5. The van der Waals surface area contributed by atoms with Gasteiger partial charge in [0.15, 0.2) is 0 Å². The van der Waals surface area contributed by atoms with Gasteiger partial charge < -0.3 is 14.8 Å². The minimum Gasteiger partial charge on any atom is -0.354 e. The van der Waals surface area contributed by atoms with Crippen LogP contribution >= 0.6 is 0 Å². The van der Waals surface area contributed by atoms with Crippen molar-refractivity contribution in [3.8, 4) is 5.69 Å². The summed E-state index contributed by atoms with van der Waals surface area (Å²) in [7, 11) is 0. The largest absolute Gasteiger partial charge is 0.354 e. The summed E-state index contributed by atoms with van der Waals surface area (Å²) in [5.74, 6) is -0.0222. The number of hydrogen-bond acceptors (Lipinski definition) is 4. The molecule has 40 heavy (non-hydrogen) atoms. The van der Waals surface area contributed by atoms with Gasteiger partial charge in [-0.15, -0.1) is 0 Å². The quantitative estimate of drug-likeness (QED) is 0.387. The Hall–Kier alpha value is -4.23. The molecule has 1 saturated heterocycles. The summed E-state index contributed by atoms with van der Waals surface area (Å²) in [6.45, 7) is 7.12. The molecule has 0 spiro atoms. The first-order chi connectivity index (χ1) is 19.5. The van der Waals surface area contributed by atoms with Gasteiger partial charge >= 0.3 is 0 Å². The molecule has 2 amide bonds. The Kier molecular flexibility index (Phi) is 8.71. The number of hydrogen-bond donors (Lipinski definition) is 1. The zero-order valence-electron chi connectivity index (χ0n) is 23.3. The van der Waals surface area contributed by atoms with Gasteiger partial charge in [-0.25, -0.2) is 0 Å². The van der Waals surface area contributed by atoms with Gasteiger partial charge in [0.1, 0.15) is 0 Å². The van der Waals surface area contributed by atoms with Gasteiger partial charge in [-0.1, -0.05) is 30.3 Å². The van der Waals surface area contributed by atoms with Crippen LogP contribution in [0.2, 0.25) is 0 Å². The lowest BCUT2D eigenvalue weighted by Gasteiger charge is -2.32. The third-order valence-corrected chi connectivity index (χ3v) is 7.65. The molecule has 0 bridgehead atoms. The number of nitrogens with one attached hydrogen (secondary N) is 1. The Morgan fingerprint density at radius 3 is 2.27 bits per heavy atom. The molecule has 4 aromatic rings. The summed E-state index contributed by atoms with van der Waals surface area (Å²) in [6.07, 6.45) is 4.77. The van der Waals surface area contributed by atoms with E-state index < -0.39 is 0 Å². The van der Waals surface area contributed by atoms with E-state index in [1.807, 2.05) is 59.5 Å². The van der Waals surface area contributed by atoms with E-state index in [-0.39, 0.29) is 17.9 Å². The maximum atomic E-state index is 13.6. The maximum absolute atomic E-state index is 13.6. The Morgan fingerprint density at radius 1 is 0.875 bits per heavy atom. The average molecular weight is 536 g/mol. The minimum atomic E-state index is -0.0650.